The van der Waals surface area contributed by atoms with Crippen LogP contribution in [-0.2, 0) is 11.8 Å². The molecule has 5 heteroatoms. The van der Waals surface area contributed by atoms with E-state index in [-0.39, 0.29) is 11.7 Å². The lowest BCUT2D eigenvalue weighted by Crippen LogP contribution is -2.26. The smallest absolute Gasteiger partial charge is 0.187 e. The summed E-state index contributed by atoms with van der Waals surface area (Å²) >= 11 is 0. The largest absolute Gasteiger partial charge is 0.381 e. The Morgan fingerprint density at radius 3 is 3.14 bits per heavy atom. The molecule has 0 amide bonds. The van der Waals surface area contributed by atoms with E-state index in [0.717, 1.165) is 19.4 Å². The Hall–Kier alpha value is -1.23. The van der Waals surface area contributed by atoms with Crippen LogP contribution in [0.1, 0.15) is 23.3 Å². The number of rotatable bonds is 2. The summed E-state index contributed by atoms with van der Waals surface area (Å²) in [5.41, 5.74) is 0.570. The minimum atomic E-state index is -0.0130. The molecule has 1 aliphatic heterocycles. The average Bonchev–Trinajstić information content (AvgIpc) is 2.65. The second-order valence-corrected chi connectivity index (χ2v) is 3.52. The topological polar surface area (TPSA) is 57.0 Å². The molecule has 1 aliphatic rings. The molecule has 0 N–H and O–H groups in total. The number of hydrogen-bond acceptors (Lipinski definition) is 4. The van der Waals surface area contributed by atoms with Gasteiger partial charge in [0.1, 0.15) is 5.69 Å². The highest BCUT2D eigenvalue weighted by atomic mass is 16.5. The zero-order chi connectivity index (χ0) is 9.97. The normalized spacial score (nSPS) is 22.2. The average molecular weight is 195 g/mol. The Labute approximate surface area is 82.1 Å². The van der Waals surface area contributed by atoms with Gasteiger partial charge in [-0.1, -0.05) is 5.21 Å². The van der Waals surface area contributed by atoms with Crippen molar-refractivity contribution >= 4 is 5.78 Å². The molecule has 0 saturated carbocycles. The number of ether oxygens (including phenoxy) is 1. The third kappa shape index (κ3) is 1.68. The second-order valence-electron chi connectivity index (χ2n) is 3.52. The van der Waals surface area contributed by atoms with Gasteiger partial charge in [0.05, 0.1) is 12.8 Å². The van der Waals surface area contributed by atoms with Crippen molar-refractivity contribution in [2.45, 2.75) is 12.8 Å². The fourth-order valence-corrected chi connectivity index (χ4v) is 1.67. The summed E-state index contributed by atoms with van der Waals surface area (Å²) < 4.78 is 6.78. The van der Waals surface area contributed by atoms with E-state index in [0.29, 0.717) is 12.3 Å². The molecule has 1 aromatic rings. The molecule has 1 aromatic heterocycles. The minimum Gasteiger partial charge on any atom is -0.381 e. The van der Waals surface area contributed by atoms with Gasteiger partial charge in [-0.15, -0.1) is 5.10 Å². The van der Waals surface area contributed by atoms with Gasteiger partial charge in [-0.05, 0) is 12.8 Å². The predicted octanol–water partition coefficient (Wildman–Crippen LogP) is 0.424. The Kier molecular flexibility index (Phi) is 2.58. The zero-order valence-corrected chi connectivity index (χ0v) is 8.14. The SMILES string of the molecule is Cn1nncc1C(=O)C1CCCOC1. The minimum absolute atomic E-state index is 0.0130. The van der Waals surface area contributed by atoms with Crippen molar-refractivity contribution in [1.82, 2.24) is 15.0 Å². The number of nitrogens with zero attached hydrogens (tertiary/aromatic N) is 3. The van der Waals surface area contributed by atoms with Crippen LogP contribution >= 0.6 is 0 Å². The molecule has 2 rings (SSSR count). The maximum atomic E-state index is 11.9. The third-order valence-electron chi connectivity index (χ3n) is 2.50. The van der Waals surface area contributed by atoms with E-state index in [2.05, 4.69) is 10.3 Å². The predicted molar refractivity (Wildman–Crippen MR) is 48.9 cm³/mol. The van der Waals surface area contributed by atoms with Crippen molar-refractivity contribution < 1.29 is 9.53 Å². The van der Waals surface area contributed by atoms with E-state index < -0.39 is 0 Å². The van der Waals surface area contributed by atoms with Crippen molar-refractivity contribution in [2.24, 2.45) is 13.0 Å². The molecule has 1 saturated heterocycles. The van der Waals surface area contributed by atoms with Gasteiger partial charge in [0.2, 0.25) is 0 Å². The number of aromatic nitrogens is 3. The van der Waals surface area contributed by atoms with Crippen LogP contribution in [0.25, 0.3) is 0 Å². The van der Waals surface area contributed by atoms with Crippen molar-refractivity contribution in [1.29, 1.82) is 0 Å². The first-order valence-corrected chi connectivity index (χ1v) is 4.75. The number of hydrogen-bond donors (Lipinski definition) is 0. The molecule has 76 valence electrons. The Bertz CT molecular complexity index is 329. The monoisotopic (exact) mass is 195 g/mol. The van der Waals surface area contributed by atoms with Gasteiger partial charge >= 0.3 is 0 Å². The van der Waals surface area contributed by atoms with Crippen LogP contribution in [-0.4, -0.2) is 34.0 Å². The summed E-state index contributed by atoms with van der Waals surface area (Å²) in [6.45, 7) is 1.30. The van der Waals surface area contributed by atoms with Gasteiger partial charge in [-0.2, -0.15) is 0 Å². The molecule has 5 nitrogen and oxygen atoms in total. The van der Waals surface area contributed by atoms with E-state index in [1.807, 2.05) is 0 Å². The molecule has 1 unspecified atom stereocenters. The summed E-state index contributed by atoms with van der Waals surface area (Å²) in [6, 6.07) is 0. The number of ketones is 1. The molecule has 1 atom stereocenters. The summed E-state index contributed by atoms with van der Waals surface area (Å²) in [6.07, 6.45) is 3.38. The number of carbonyl (C=O) groups is 1. The first-order valence-electron chi connectivity index (χ1n) is 4.75. The lowest BCUT2D eigenvalue weighted by molar-refractivity contribution is 0.0455. The van der Waals surface area contributed by atoms with Gasteiger partial charge < -0.3 is 4.74 Å². The van der Waals surface area contributed by atoms with Crippen LogP contribution in [0.3, 0.4) is 0 Å². The maximum absolute atomic E-state index is 11.9. The van der Waals surface area contributed by atoms with Gasteiger partial charge in [-0.3, -0.25) is 4.79 Å². The van der Waals surface area contributed by atoms with E-state index in [9.17, 15) is 4.79 Å². The molecule has 0 aliphatic carbocycles. The Morgan fingerprint density at radius 2 is 2.57 bits per heavy atom. The quantitative estimate of drug-likeness (QED) is 0.642. The van der Waals surface area contributed by atoms with E-state index >= 15 is 0 Å². The lowest BCUT2D eigenvalue weighted by atomic mass is 9.96. The molecule has 0 radical (unpaired) electrons. The van der Waals surface area contributed by atoms with Crippen LogP contribution in [0.5, 0.6) is 0 Å². The van der Waals surface area contributed by atoms with E-state index in [1.165, 1.54) is 10.9 Å². The van der Waals surface area contributed by atoms with Crippen LogP contribution < -0.4 is 0 Å². The third-order valence-corrected chi connectivity index (χ3v) is 2.50. The summed E-state index contributed by atoms with van der Waals surface area (Å²) in [5, 5.41) is 7.43. The lowest BCUT2D eigenvalue weighted by Gasteiger charge is -2.20. The van der Waals surface area contributed by atoms with Gasteiger partial charge in [-0.25, -0.2) is 4.68 Å². The maximum Gasteiger partial charge on any atom is 0.187 e. The second kappa shape index (κ2) is 3.88. The first-order chi connectivity index (χ1) is 6.79. The summed E-state index contributed by atoms with van der Waals surface area (Å²) in [7, 11) is 1.73. The standard InChI is InChI=1S/C9H13N3O2/c1-12-8(5-10-11-12)9(13)7-3-2-4-14-6-7/h5,7H,2-4,6H2,1H3. The number of Topliss-reactive ketones (excluding diaryl/α,β-unsaturated/α-hetero) is 1. The Balaban J connectivity index is 2.11. The van der Waals surface area contributed by atoms with Crippen molar-refractivity contribution in [2.75, 3.05) is 13.2 Å². The first kappa shape index (κ1) is 9.33. The number of aryl methyl sites for hydroxylation is 1. The molecule has 2 heterocycles. The van der Waals surface area contributed by atoms with Gasteiger partial charge in [0.25, 0.3) is 0 Å². The zero-order valence-electron chi connectivity index (χ0n) is 8.14. The van der Waals surface area contributed by atoms with Crippen LogP contribution in [0, 0.1) is 5.92 Å². The summed E-state index contributed by atoms with van der Waals surface area (Å²) in [4.78, 5) is 11.9. The van der Waals surface area contributed by atoms with Crippen molar-refractivity contribution in [3.05, 3.63) is 11.9 Å². The molecular formula is C9H13N3O2. The highest BCUT2D eigenvalue weighted by molar-refractivity contribution is 5.96. The van der Waals surface area contributed by atoms with Crippen molar-refractivity contribution in [3.63, 3.8) is 0 Å². The summed E-state index contributed by atoms with van der Waals surface area (Å²) in [5.74, 6) is 0.0816. The van der Waals surface area contributed by atoms with Crippen LogP contribution in [0.15, 0.2) is 6.20 Å². The van der Waals surface area contributed by atoms with Crippen LogP contribution in [0.4, 0.5) is 0 Å². The van der Waals surface area contributed by atoms with Crippen molar-refractivity contribution in [3.8, 4) is 0 Å². The van der Waals surface area contributed by atoms with Gasteiger partial charge in [0.15, 0.2) is 5.78 Å². The fraction of sp³-hybridized carbons (Fsp3) is 0.667. The molecule has 0 aromatic carbocycles. The molecular weight excluding hydrogens is 182 g/mol. The molecule has 0 spiro atoms. The van der Waals surface area contributed by atoms with E-state index in [1.54, 1.807) is 7.05 Å². The molecule has 1 fully saturated rings. The molecule has 14 heavy (non-hydrogen) atoms. The highest BCUT2D eigenvalue weighted by Crippen LogP contribution is 2.17. The van der Waals surface area contributed by atoms with Gasteiger partial charge in [0, 0.05) is 19.6 Å². The van der Waals surface area contributed by atoms with Crippen LogP contribution in [0.2, 0.25) is 0 Å². The Morgan fingerprint density at radius 1 is 1.71 bits per heavy atom. The molecule has 0 bridgehead atoms. The van der Waals surface area contributed by atoms with E-state index in [4.69, 9.17) is 4.74 Å². The highest BCUT2D eigenvalue weighted by Gasteiger charge is 2.25. The number of carbonyl (C=O) groups excluding carboxylic acids is 1. The fourth-order valence-electron chi connectivity index (χ4n) is 1.67.